The fraction of sp³-hybridized carbons (Fsp3) is 0.125. The van der Waals surface area contributed by atoms with Crippen molar-refractivity contribution in [3.63, 3.8) is 0 Å². The molecule has 1 rings (SSSR count). The van der Waals surface area contributed by atoms with Crippen LogP contribution in [0.25, 0.3) is 0 Å². The van der Waals surface area contributed by atoms with Crippen LogP contribution in [0.5, 0.6) is 0 Å². The summed E-state index contributed by atoms with van der Waals surface area (Å²) in [6, 6.07) is 3.04. The minimum atomic E-state index is -0.733. The SMILES string of the molecule is Cc1c([As])ccc(C(N)=O)c1F. The van der Waals surface area contributed by atoms with Gasteiger partial charge >= 0.3 is 78.0 Å². The molecule has 0 unspecified atom stereocenters. The van der Waals surface area contributed by atoms with Gasteiger partial charge in [-0.1, -0.05) is 0 Å². The summed E-state index contributed by atoms with van der Waals surface area (Å²) in [7, 11) is 0. The molecule has 0 aliphatic heterocycles. The van der Waals surface area contributed by atoms with Crippen molar-refractivity contribution in [3.8, 4) is 0 Å². The van der Waals surface area contributed by atoms with E-state index >= 15 is 0 Å². The third-order valence-electron chi connectivity index (χ3n) is 1.62. The van der Waals surface area contributed by atoms with Crippen LogP contribution in [-0.4, -0.2) is 22.8 Å². The van der Waals surface area contributed by atoms with Gasteiger partial charge in [-0.3, -0.25) is 0 Å². The summed E-state index contributed by atoms with van der Waals surface area (Å²) in [6.07, 6.45) is 0. The molecule has 1 aromatic rings. The summed E-state index contributed by atoms with van der Waals surface area (Å²) in [5.74, 6) is -1.26. The third kappa shape index (κ3) is 1.51. The van der Waals surface area contributed by atoms with E-state index in [2.05, 4.69) is 16.9 Å². The van der Waals surface area contributed by atoms with Crippen molar-refractivity contribution in [2.75, 3.05) is 0 Å². The van der Waals surface area contributed by atoms with Gasteiger partial charge in [0.05, 0.1) is 0 Å². The second kappa shape index (κ2) is 3.28. The van der Waals surface area contributed by atoms with Crippen LogP contribution in [0, 0.1) is 12.7 Å². The summed E-state index contributed by atoms with van der Waals surface area (Å²) < 4.78 is 14.0. The normalized spacial score (nSPS) is 9.92. The van der Waals surface area contributed by atoms with E-state index in [0.29, 0.717) is 5.56 Å². The number of halogens is 1. The number of amides is 1. The first kappa shape index (κ1) is 9.27. The Hall–Kier alpha value is -0.822. The second-order valence-electron chi connectivity index (χ2n) is 2.44. The van der Waals surface area contributed by atoms with E-state index in [1.165, 1.54) is 6.07 Å². The summed E-state index contributed by atoms with van der Waals surface area (Å²) in [5.41, 5.74) is 5.35. The first-order valence-corrected chi connectivity index (χ1v) is 4.25. The Balaban J connectivity index is 3.36. The molecule has 0 atom stereocenters. The van der Waals surface area contributed by atoms with Gasteiger partial charge in [-0.15, -0.1) is 0 Å². The van der Waals surface area contributed by atoms with Crippen LogP contribution in [0.4, 0.5) is 4.39 Å². The molecule has 1 amide bonds. The van der Waals surface area contributed by atoms with Crippen LogP contribution in [0.1, 0.15) is 15.9 Å². The molecule has 0 aliphatic carbocycles. The topological polar surface area (TPSA) is 43.1 Å². The van der Waals surface area contributed by atoms with Gasteiger partial charge in [-0.25, -0.2) is 0 Å². The summed E-state index contributed by atoms with van der Waals surface area (Å²) in [4.78, 5) is 10.7. The maximum absolute atomic E-state index is 13.2. The van der Waals surface area contributed by atoms with Crippen LogP contribution in [0.2, 0.25) is 0 Å². The first-order chi connectivity index (χ1) is 5.54. The van der Waals surface area contributed by atoms with Crippen LogP contribution >= 0.6 is 0 Å². The monoisotopic (exact) mass is 227 g/mol. The van der Waals surface area contributed by atoms with Crippen LogP contribution in [0.15, 0.2) is 12.1 Å². The molecule has 0 aliphatic rings. The molecule has 12 heavy (non-hydrogen) atoms. The maximum atomic E-state index is 13.2. The van der Waals surface area contributed by atoms with E-state index in [4.69, 9.17) is 5.73 Å². The van der Waals surface area contributed by atoms with Crippen LogP contribution < -0.4 is 10.1 Å². The summed E-state index contributed by atoms with van der Waals surface area (Å²) in [5, 5.41) is 0. The molecule has 2 N–H and O–H groups in total. The Labute approximate surface area is 78.4 Å². The summed E-state index contributed by atoms with van der Waals surface area (Å²) >= 11 is 2.23. The van der Waals surface area contributed by atoms with Gasteiger partial charge < -0.3 is 0 Å². The standard InChI is InChI=1S/C8H7AsFNO/c1-4-6(9)3-2-5(7(4)10)8(11)12/h2-3H,1H3,(H2,11,12). The molecule has 2 nitrogen and oxygen atoms in total. The van der Waals surface area contributed by atoms with Crippen molar-refractivity contribution < 1.29 is 9.18 Å². The van der Waals surface area contributed by atoms with Crippen molar-refractivity contribution in [1.82, 2.24) is 0 Å². The van der Waals surface area contributed by atoms with Crippen molar-refractivity contribution in [2.24, 2.45) is 5.73 Å². The van der Waals surface area contributed by atoms with Crippen molar-refractivity contribution >= 4 is 27.1 Å². The van der Waals surface area contributed by atoms with Crippen molar-refractivity contribution in [3.05, 3.63) is 29.1 Å². The van der Waals surface area contributed by atoms with Gasteiger partial charge in [0, 0.05) is 0 Å². The number of nitrogens with two attached hydrogens (primary N) is 1. The summed E-state index contributed by atoms with van der Waals surface area (Å²) in [6.45, 7) is 1.61. The molecule has 0 saturated carbocycles. The third-order valence-corrected chi connectivity index (χ3v) is 2.64. The number of rotatable bonds is 1. The van der Waals surface area contributed by atoms with Crippen molar-refractivity contribution in [1.29, 1.82) is 0 Å². The van der Waals surface area contributed by atoms with E-state index < -0.39 is 11.7 Å². The Kier molecular flexibility index (Phi) is 2.53. The molecule has 0 fully saturated rings. The van der Waals surface area contributed by atoms with E-state index in [1.807, 2.05) is 0 Å². The molecular weight excluding hydrogens is 220 g/mol. The number of hydrogen-bond donors (Lipinski definition) is 1. The molecule has 0 heterocycles. The first-order valence-electron chi connectivity index (χ1n) is 3.32. The number of primary amides is 1. The number of carbonyl (C=O) groups is 1. The van der Waals surface area contributed by atoms with Crippen LogP contribution in [-0.2, 0) is 0 Å². The zero-order valence-corrected chi connectivity index (χ0v) is 8.34. The Morgan fingerprint density at radius 3 is 2.67 bits per heavy atom. The van der Waals surface area contributed by atoms with E-state index in [-0.39, 0.29) is 5.56 Å². The predicted molar refractivity (Wildman–Crippen MR) is 45.0 cm³/mol. The van der Waals surface area contributed by atoms with E-state index in [0.717, 1.165) is 4.35 Å². The molecule has 0 spiro atoms. The Morgan fingerprint density at radius 1 is 1.58 bits per heavy atom. The molecule has 1 aromatic carbocycles. The number of carbonyl (C=O) groups excluding carboxylic acids is 1. The molecular formula is C8H7AsFNO. The Bertz CT molecular complexity index is 338. The second-order valence-corrected chi connectivity index (χ2v) is 3.45. The van der Waals surface area contributed by atoms with Gasteiger partial charge in [-0.2, -0.15) is 0 Å². The fourth-order valence-electron chi connectivity index (χ4n) is 0.865. The predicted octanol–water partition coefficient (Wildman–Crippen LogP) is 0.0268. The quantitative estimate of drug-likeness (QED) is 0.675. The zero-order valence-electron chi connectivity index (χ0n) is 6.47. The van der Waals surface area contributed by atoms with Gasteiger partial charge in [0.1, 0.15) is 0 Å². The van der Waals surface area contributed by atoms with Crippen LogP contribution in [0.3, 0.4) is 0 Å². The molecule has 4 heteroatoms. The molecule has 0 saturated heterocycles. The van der Waals surface area contributed by atoms with E-state index in [9.17, 15) is 9.18 Å². The molecule has 0 aromatic heterocycles. The van der Waals surface area contributed by atoms with Gasteiger partial charge in [-0.05, 0) is 0 Å². The van der Waals surface area contributed by atoms with Gasteiger partial charge in [0.15, 0.2) is 0 Å². The molecule has 62 valence electrons. The Morgan fingerprint density at radius 2 is 2.17 bits per heavy atom. The minimum absolute atomic E-state index is 0.0534. The van der Waals surface area contributed by atoms with Gasteiger partial charge in [0.25, 0.3) is 0 Å². The average molecular weight is 227 g/mol. The molecule has 2 radical (unpaired) electrons. The van der Waals surface area contributed by atoms with Crippen molar-refractivity contribution in [2.45, 2.75) is 6.92 Å². The number of hydrogen-bond acceptors (Lipinski definition) is 1. The number of benzene rings is 1. The molecule has 0 bridgehead atoms. The average Bonchev–Trinajstić information content (AvgIpc) is 2.00. The zero-order chi connectivity index (χ0) is 9.30. The van der Waals surface area contributed by atoms with E-state index in [1.54, 1.807) is 13.0 Å². The fourth-order valence-corrected chi connectivity index (χ4v) is 1.23. The van der Waals surface area contributed by atoms with Gasteiger partial charge in [0.2, 0.25) is 0 Å².